The van der Waals surface area contributed by atoms with Crippen LogP contribution in [0.5, 0.6) is 5.75 Å². The van der Waals surface area contributed by atoms with Crippen LogP contribution in [0.1, 0.15) is 37.1 Å². The number of phenolic OH excluding ortho intramolecular Hbond substituents is 1. The lowest BCUT2D eigenvalue weighted by Gasteiger charge is -2.21. The van der Waals surface area contributed by atoms with Crippen LogP contribution in [-0.4, -0.2) is 5.11 Å². The van der Waals surface area contributed by atoms with Crippen LogP contribution in [0.4, 0.5) is 8.78 Å². The Bertz CT molecular complexity index is 584. The highest BCUT2D eigenvalue weighted by molar-refractivity contribution is 5.30. The predicted octanol–water partition coefficient (Wildman–Crippen LogP) is 4.08. The topological polar surface area (TPSA) is 32.3 Å². The first-order valence-electron chi connectivity index (χ1n) is 6.47. The molecule has 0 bridgehead atoms. The molecule has 2 N–H and O–H groups in total. The monoisotopic (exact) mass is 277 g/mol. The largest absolute Gasteiger partial charge is 0.508 e. The lowest BCUT2D eigenvalue weighted by Crippen LogP contribution is -2.23. The van der Waals surface area contributed by atoms with E-state index in [2.05, 4.69) is 5.32 Å². The molecule has 0 aliphatic rings. The van der Waals surface area contributed by atoms with Crippen LogP contribution < -0.4 is 5.32 Å². The number of halogens is 2. The third-order valence-electron chi connectivity index (χ3n) is 3.32. The van der Waals surface area contributed by atoms with E-state index in [0.717, 1.165) is 11.6 Å². The molecule has 0 aliphatic carbocycles. The number of hydrogen-bond donors (Lipinski definition) is 2. The van der Waals surface area contributed by atoms with Gasteiger partial charge in [0.2, 0.25) is 0 Å². The number of hydrogen-bond acceptors (Lipinski definition) is 2. The highest BCUT2D eigenvalue weighted by atomic mass is 19.1. The second kappa shape index (κ2) is 6.01. The average molecular weight is 277 g/mol. The highest BCUT2D eigenvalue weighted by Gasteiger charge is 2.14. The van der Waals surface area contributed by atoms with Crippen LogP contribution in [-0.2, 0) is 0 Å². The summed E-state index contributed by atoms with van der Waals surface area (Å²) in [7, 11) is 0. The minimum atomic E-state index is -0.448. The van der Waals surface area contributed by atoms with E-state index >= 15 is 0 Å². The molecule has 20 heavy (non-hydrogen) atoms. The lowest BCUT2D eigenvalue weighted by molar-refractivity contribution is 0.454. The van der Waals surface area contributed by atoms with Crippen LogP contribution in [0.2, 0.25) is 0 Å². The Hall–Kier alpha value is -1.94. The minimum Gasteiger partial charge on any atom is -0.508 e. The van der Waals surface area contributed by atoms with Crippen molar-refractivity contribution >= 4 is 0 Å². The van der Waals surface area contributed by atoms with E-state index in [1.54, 1.807) is 18.2 Å². The Labute approximate surface area is 117 Å². The molecule has 2 atom stereocenters. The molecule has 0 amide bonds. The Morgan fingerprint density at radius 1 is 0.950 bits per heavy atom. The zero-order chi connectivity index (χ0) is 14.7. The maximum absolute atomic E-state index is 13.8. The molecule has 106 valence electrons. The zero-order valence-corrected chi connectivity index (χ0v) is 11.4. The van der Waals surface area contributed by atoms with Gasteiger partial charge in [0.15, 0.2) is 0 Å². The van der Waals surface area contributed by atoms with E-state index in [1.165, 1.54) is 18.2 Å². The smallest absolute Gasteiger partial charge is 0.131 e. The van der Waals surface area contributed by atoms with Crippen molar-refractivity contribution in [2.45, 2.75) is 25.9 Å². The third kappa shape index (κ3) is 3.33. The molecule has 0 radical (unpaired) electrons. The van der Waals surface area contributed by atoms with Gasteiger partial charge < -0.3 is 10.4 Å². The number of nitrogens with one attached hydrogen (secondary N) is 1. The SMILES string of the molecule is CC(N[C@H](C)c1ccc(F)cc1)c1ccc(O)cc1F. The van der Waals surface area contributed by atoms with Gasteiger partial charge in [-0.3, -0.25) is 0 Å². The van der Waals surface area contributed by atoms with Gasteiger partial charge in [-0.05, 0) is 37.6 Å². The van der Waals surface area contributed by atoms with E-state index in [1.807, 2.05) is 13.8 Å². The second-order valence-electron chi connectivity index (χ2n) is 4.87. The summed E-state index contributed by atoms with van der Waals surface area (Å²) in [4.78, 5) is 0. The van der Waals surface area contributed by atoms with E-state index in [-0.39, 0.29) is 23.7 Å². The minimum absolute atomic E-state index is 0.0428. The van der Waals surface area contributed by atoms with Crippen LogP contribution >= 0.6 is 0 Å². The summed E-state index contributed by atoms with van der Waals surface area (Å²) >= 11 is 0. The molecule has 2 aromatic carbocycles. The van der Waals surface area contributed by atoms with Crippen molar-refractivity contribution in [1.29, 1.82) is 0 Å². The zero-order valence-electron chi connectivity index (χ0n) is 11.4. The molecule has 0 fully saturated rings. The highest BCUT2D eigenvalue weighted by Crippen LogP contribution is 2.24. The van der Waals surface area contributed by atoms with E-state index in [9.17, 15) is 13.9 Å². The van der Waals surface area contributed by atoms with Crippen molar-refractivity contribution in [2.75, 3.05) is 0 Å². The molecular formula is C16H17F2NO. The van der Waals surface area contributed by atoms with E-state index in [4.69, 9.17) is 0 Å². The summed E-state index contributed by atoms with van der Waals surface area (Å²) in [5.41, 5.74) is 1.41. The van der Waals surface area contributed by atoms with Gasteiger partial charge >= 0.3 is 0 Å². The molecule has 4 heteroatoms. The van der Waals surface area contributed by atoms with Crippen molar-refractivity contribution in [1.82, 2.24) is 5.32 Å². The van der Waals surface area contributed by atoms with Gasteiger partial charge in [0.05, 0.1) is 0 Å². The summed E-state index contributed by atoms with van der Waals surface area (Å²) in [6, 6.07) is 10.0. The van der Waals surface area contributed by atoms with E-state index in [0.29, 0.717) is 5.56 Å². The van der Waals surface area contributed by atoms with Gasteiger partial charge in [0.25, 0.3) is 0 Å². The predicted molar refractivity (Wildman–Crippen MR) is 74.4 cm³/mol. The van der Waals surface area contributed by atoms with Crippen LogP contribution in [0.25, 0.3) is 0 Å². The first-order chi connectivity index (χ1) is 9.47. The second-order valence-corrected chi connectivity index (χ2v) is 4.87. The van der Waals surface area contributed by atoms with Crippen molar-refractivity contribution < 1.29 is 13.9 Å². The van der Waals surface area contributed by atoms with Crippen LogP contribution in [0.3, 0.4) is 0 Å². The molecule has 2 aromatic rings. The number of rotatable bonds is 4. The maximum Gasteiger partial charge on any atom is 0.131 e. The molecule has 0 saturated carbocycles. The first-order valence-corrected chi connectivity index (χ1v) is 6.47. The first kappa shape index (κ1) is 14.5. The fraction of sp³-hybridized carbons (Fsp3) is 0.250. The fourth-order valence-corrected chi connectivity index (χ4v) is 2.18. The molecule has 2 rings (SSSR count). The van der Waals surface area contributed by atoms with Gasteiger partial charge in [-0.1, -0.05) is 18.2 Å². The van der Waals surface area contributed by atoms with Crippen LogP contribution in [0.15, 0.2) is 42.5 Å². The van der Waals surface area contributed by atoms with Gasteiger partial charge in [-0.25, -0.2) is 8.78 Å². The Balaban J connectivity index is 2.10. The van der Waals surface area contributed by atoms with E-state index < -0.39 is 5.82 Å². The van der Waals surface area contributed by atoms with Crippen molar-refractivity contribution in [3.05, 3.63) is 65.2 Å². The summed E-state index contributed by atoms with van der Waals surface area (Å²) in [5, 5.41) is 12.5. The normalized spacial score (nSPS) is 14.0. The van der Waals surface area contributed by atoms with Crippen molar-refractivity contribution in [3.8, 4) is 5.75 Å². The van der Waals surface area contributed by atoms with Crippen LogP contribution in [0, 0.1) is 11.6 Å². The molecular weight excluding hydrogens is 260 g/mol. The maximum atomic E-state index is 13.8. The molecule has 1 unspecified atom stereocenters. The number of benzene rings is 2. The molecule has 2 nitrogen and oxygen atoms in total. The molecule has 0 spiro atoms. The van der Waals surface area contributed by atoms with Gasteiger partial charge in [-0.15, -0.1) is 0 Å². The summed E-state index contributed by atoms with van der Waals surface area (Å²) < 4.78 is 26.6. The lowest BCUT2D eigenvalue weighted by atomic mass is 10.0. The summed E-state index contributed by atoms with van der Waals surface area (Å²) in [6.45, 7) is 3.78. The Morgan fingerprint density at radius 3 is 2.20 bits per heavy atom. The third-order valence-corrected chi connectivity index (χ3v) is 3.32. The summed E-state index contributed by atoms with van der Waals surface area (Å²) in [5.74, 6) is -0.820. The van der Waals surface area contributed by atoms with Gasteiger partial charge in [-0.2, -0.15) is 0 Å². The standard InChI is InChI=1S/C16H17F2NO/c1-10(12-3-5-13(17)6-4-12)19-11(2)15-8-7-14(20)9-16(15)18/h3-11,19-20H,1-2H3/t10-,11?/m1/s1. The summed E-state index contributed by atoms with van der Waals surface area (Å²) in [6.07, 6.45) is 0. The van der Waals surface area contributed by atoms with Crippen molar-refractivity contribution in [2.24, 2.45) is 0 Å². The van der Waals surface area contributed by atoms with Gasteiger partial charge in [0, 0.05) is 23.7 Å². The molecule has 0 saturated heterocycles. The molecule has 0 aliphatic heterocycles. The quantitative estimate of drug-likeness (QED) is 0.882. The van der Waals surface area contributed by atoms with Gasteiger partial charge in [0.1, 0.15) is 17.4 Å². The Kier molecular flexibility index (Phi) is 4.35. The molecule has 0 aromatic heterocycles. The number of phenols is 1. The fourth-order valence-electron chi connectivity index (χ4n) is 2.18. The average Bonchev–Trinajstić information content (AvgIpc) is 2.39. The van der Waals surface area contributed by atoms with Crippen molar-refractivity contribution in [3.63, 3.8) is 0 Å². The number of aromatic hydroxyl groups is 1. The Morgan fingerprint density at radius 2 is 1.60 bits per heavy atom. The molecule has 0 heterocycles.